The molecule has 2 unspecified atom stereocenters. The van der Waals surface area contributed by atoms with Crippen LogP contribution >= 0.6 is 24.0 Å². The Morgan fingerprint density at radius 3 is 2.85 bits per heavy atom. The Bertz CT molecular complexity index is 483. The van der Waals surface area contributed by atoms with Crippen molar-refractivity contribution in [3.05, 3.63) is 38.9 Å². The van der Waals surface area contributed by atoms with Gasteiger partial charge in [0.25, 0.3) is 5.69 Å². The summed E-state index contributed by atoms with van der Waals surface area (Å²) in [5, 5.41) is 11.5. The molecule has 5 nitrogen and oxygen atoms in total. The number of nitro benzene ring substituents is 1. The van der Waals surface area contributed by atoms with Crippen LogP contribution in [0.4, 0.5) is 5.69 Å². The van der Waals surface area contributed by atoms with Gasteiger partial charge in [0, 0.05) is 35.8 Å². The molecule has 1 aliphatic heterocycles. The maximum absolute atomic E-state index is 11.0. The van der Waals surface area contributed by atoms with Gasteiger partial charge in [-0.15, -0.1) is 12.4 Å². The second-order valence-electron chi connectivity index (χ2n) is 5.17. The first kappa shape index (κ1) is 17.2. The van der Waals surface area contributed by atoms with E-state index in [1.807, 2.05) is 6.92 Å². The van der Waals surface area contributed by atoms with Gasteiger partial charge < -0.3 is 5.73 Å². The number of benzene rings is 1. The van der Waals surface area contributed by atoms with Crippen LogP contribution in [0.25, 0.3) is 0 Å². The lowest BCUT2D eigenvalue weighted by molar-refractivity contribution is -0.385. The monoisotopic (exact) mass is 319 g/mol. The molecular weight excluding hydrogens is 301 g/mol. The lowest BCUT2D eigenvalue weighted by Crippen LogP contribution is -2.29. The molecule has 1 aromatic rings. The first-order valence-electron chi connectivity index (χ1n) is 6.38. The largest absolute Gasteiger partial charge is 0.328 e. The van der Waals surface area contributed by atoms with Gasteiger partial charge in [0.2, 0.25) is 0 Å². The summed E-state index contributed by atoms with van der Waals surface area (Å²) in [6.07, 6.45) is 1.05. The fraction of sp³-hybridized carbons (Fsp3) is 0.538. The average molecular weight is 320 g/mol. The molecule has 0 bridgehead atoms. The predicted octanol–water partition coefficient (Wildman–Crippen LogP) is 2.84. The van der Waals surface area contributed by atoms with E-state index >= 15 is 0 Å². The highest BCUT2D eigenvalue weighted by Gasteiger charge is 2.26. The van der Waals surface area contributed by atoms with E-state index in [1.54, 1.807) is 12.1 Å². The van der Waals surface area contributed by atoms with Crippen LogP contribution < -0.4 is 5.73 Å². The van der Waals surface area contributed by atoms with Crippen LogP contribution in [-0.4, -0.2) is 29.0 Å². The molecule has 1 aromatic carbocycles. The topological polar surface area (TPSA) is 72.4 Å². The summed E-state index contributed by atoms with van der Waals surface area (Å²) < 4.78 is 0. The zero-order valence-corrected chi connectivity index (χ0v) is 12.9. The van der Waals surface area contributed by atoms with Gasteiger partial charge in [0.05, 0.1) is 4.92 Å². The summed E-state index contributed by atoms with van der Waals surface area (Å²) in [4.78, 5) is 12.8. The second kappa shape index (κ2) is 7.22. The Balaban J connectivity index is 0.00000200. The van der Waals surface area contributed by atoms with Crippen LogP contribution in [0.15, 0.2) is 18.2 Å². The van der Waals surface area contributed by atoms with Crippen LogP contribution in [0.2, 0.25) is 5.02 Å². The van der Waals surface area contributed by atoms with Crippen molar-refractivity contribution in [3.63, 3.8) is 0 Å². The van der Waals surface area contributed by atoms with Crippen molar-refractivity contribution >= 4 is 29.7 Å². The zero-order valence-electron chi connectivity index (χ0n) is 11.3. The molecule has 2 rings (SSSR count). The molecule has 0 radical (unpaired) electrons. The normalized spacial score (nSPS) is 20.4. The predicted molar refractivity (Wildman–Crippen MR) is 82.4 cm³/mol. The second-order valence-corrected chi connectivity index (χ2v) is 5.61. The molecule has 1 saturated heterocycles. The van der Waals surface area contributed by atoms with Crippen LogP contribution in [0.1, 0.15) is 18.9 Å². The van der Waals surface area contributed by atoms with Crippen molar-refractivity contribution in [3.8, 4) is 0 Å². The Labute approximate surface area is 129 Å². The van der Waals surface area contributed by atoms with Crippen molar-refractivity contribution in [2.24, 2.45) is 11.7 Å². The fourth-order valence-electron chi connectivity index (χ4n) is 2.54. The summed E-state index contributed by atoms with van der Waals surface area (Å²) >= 11 is 5.92. The number of nitro groups is 1. The molecule has 0 amide bonds. The molecule has 20 heavy (non-hydrogen) atoms. The minimum Gasteiger partial charge on any atom is -0.328 e. The summed E-state index contributed by atoms with van der Waals surface area (Å²) in [7, 11) is 0. The molecule has 1 aliphatic rings. The first-order valence-corrected chi connectivity index (χ1v) is 6.76. The Kier molecular flexibility index (Phi) is 6.20. The molecule has 7 heteroatoms. The molecule has 0 aliphatic carbocycles. The van der Waals surface area contributed by atoms with Crippen LogP contribution in [-0.2, 0) is 6.54 Å². The number of likely N-dealkylation sites (tertiary alicyclic amines) is 1. The number of hydrogen-bond donors (Lipinski definition) is 1. The lowest BCUT2D eigenvalue weighted by Gasteiger charge is -2.17. The lowest BCUT2D eigenvalue weighted by atomic mass is 10.0. The molecule has 2 atom stereocenters. The van der Waals surface area contributed by atoms with Gasteiger partial charge in [-0.2, -0.15) is 0 Å². The summed E-state index contributed by atoms with van der Waals surface area (Å²) in [5.41, 5.74) is 6.70. The van der Waals surface area contributed by atoms with Gasteiger partial charge >= 0.3 is 0 Å². The van der Waals surface area contributed by atoms with Crippen molar-refractivity contribution in [2.45, 2.75) is 25.9 Å². The van der Waals surface area contributed by atoms with Crippen LogP contribution in [0.3, 0.4) is 0 Å². The van der Waals surface area contributed by atoms with Crippen LogP contribution in [0.5, 0.6) is 0 Å². The quantitative estimate of drug-likeness (QED) is 0.684. The number of nitrogens with two attached hydrogens (primary N) is 1. The highest BCUT2D eigenvalue weighted by atomic mass is 35.5. The zero-order chi connectivity index (χ0) is 14.0. The minimum absolute atomic E-state index is 0. The van der Waals surface area contributed by atoms with E-state index < -0.39 is 0 Å². The molecule has 0 aromatic heterocycles. The van der Waals surface area contributed by atoms with E-state index in [4.69, 9.17) is 17.3 Å². The third-order valence-electron chi connectivity index (χ3n) is 3.68. The number of nitrogens with zero attached hydrogens (tertiary/aromatic N) is 2. The number of halogens is 2. The van der Waals surface area contributed by atoms with E-state index in [2.05, 4.69) is 4.90 Å². The van der Waals surface area contributed by atoms with Gasteiger partial charge in [-0.1, -0.05) is 11.6 Å². The summed E-state index contributed by atoms with van der Waals surface area (Å²) in [5.74, 6) is 0.471. The third kappa shape index (κ3) is 4.06. The summed E-state index contributed by atoms with van der Waals surface area (Å²) in [6.45, 7) is 4.38. The smallest absolute Gasteiger partial charge is 0.273 e. The number of rotatable bonds is 4. The van der Waals surface area contributed by atoms with E-state index in [9.17, 15) is 10.1 Å². The third-order valence-corrected chi connectivity index (χ3v) is 3.92. The van der Waals surface area contributed by atoms with Crippen molar-refractivity contribution in [1.82, 2.24) is 4.90 Å². The SMILES string of the molecule is CC(N)C1CCN(Cc2cc(Cl)ccc2[N+](=O)[O-])C1.Cl. The van der Waals surface area contributed by atoms with Crippen molar-refractivity contribution < 1.29 is 4.92 Å². The Morgan fingerprint density at radius 1 is 1.60 bits per heavy atom. The first-order chi connectivity index (χ1) is 8.97. The maximum atomic E-state index is 11.0. The van der Waals surface area contributed by atoms with Gasteiger partial charge in [0.15, 0.2) is 0 Å². The molecule has 1 fully saturated rings. The van der Waals surface area contributed by atoms with E-state index in [-0.39, 0.29) is 29.1 Å². The van der Waals surface area contributed by atoms with Gasteiger partial charge in [-0.3, -0.25) is 15.0 Å². The van der Waals surface area contributed by atoms with Gasteiger partial charge in [0.1, 0.15) is 0 Å². The molecule has 112 valence electrons. The highest BCUT2D eigenvalue weighted by molar-refractivity contribution is 6.30. The average Bonchev–Trinajstić information content (AvgIpc) is 2.77. The van der Waals surface area contributed by atoms with Crippen molar-refractivity contribution in [1.29, 1.82) is 0 Å². The van der Waals surface area contributed by atoms with Crippen molar-refractivity contribution in [2.75, 3.05) is 13.1 Å². The molecule has 2 N–H and O–H groups in total. The highest BCUT2D eigenvalue weighted by Crippen LogP contribution is 2.27. The van der Waals surface area contributed by atoms with Crippen LogP contribution in [0, 0.1) is 16.0 Å². The maximum Gasteiger partial charge on any atom is 0.273 e. The molecule has 1 heterocycles. The van der Waals surface area contributed by atoms with E-state index in [1.165, 1.54) is 6.07 Å². The van der Waals surface area contributed by atoms with Gasteiger partial charge in [-0.05, 0) is 37.9 Å². The molecule has 0 saturated carbocycles. The molecule has 0 spiro atoms. The summed E-state index contributed by atoms with van der Waals surface area (Å²) in [6, 6.07) is 4.87. The van der Waals surface area contributed by atoms with E-state index in [0.717, 1.165) is 19.5 Å². The molecular formula is C13H19Cl2N3O2. The van der Waals surface area contributed by atoms with E-state index in [0.29, 0.717) is 23.0 Å². The number of hydrogen-bond acceptors (Lipinski definition) is 4. The van der Waals surface area contributed by atoms with Gasteiger partial charge in [-0.25, -0.2) is 0 Å². The minimum atomic E-state index is -0.356. The Hall–Kier alpha value is -0.880. The fourth-order valence-corrected chi connectivity index (χ4v) is 2.73. The Morgan fingerprint density at radius 2 is 2.30 bits per heavy atom. The standard InChI is InChI=1S/C13H18ClN3O2.ClH/c1-9(15)10-4-5-16(7-10)8-11-6-12(14)2-3-13(11)17(18)19;/h2-3,6,9-10H,4-5,7-8,15H2,1H3;1H.